The van der Waals surface area contributed by atoms with E-state index in [0.717, 1.165) is 55.6 Å². The number of aromatic nitrogens is 2. The lowest BCUT2D eigenvalue weighted by Crippen LogP contribution is -1.86. The molecule has 6 aromatic rings. The van der Waals surface area contributed by atoms with Crippen LogP contribution in [0, 0.1) is 13.8 Å². The van der Waals surface area contributed by atoms with E-state index < -0.39 is 0 Å². The number of fused-ring (bicyclic) bond motifs is 2. The first-order chi connectivity index (χ1) is 16.6. The van der Waals surface area contributed by atoms with Gasteiger partial charge in [-0.05, 0) is 84.6 Å². The minimum atomic E-state index is 0.644. The fraction of sp³-hybridized carbons (Fsp3) is 0.0667. The van der Waals surface area contributed by atoms with Crippen molar-refractivity contribution in [3.63, 3.8) is 0 Å². The Morgan fingerprint density at radius 1 is 0.559 bits per heavy atom. The van der Waals surface area contributed by atoms with E-state index in [1.807, 2.05) is 48.5 Å². The zero-order valence-electron chi connectivity index (χ0n) is 18.9. The molecular weight excluding hydrogens is 420 g/mol. The van der Waals surface area contributed by atoms with Crippen LogP contribution >= 0.6 is 0 Å². The molecule has 0 amide bonds. The standard InChI is InChI=1S/C30H22N2O2/c1-19-17-23(29-31-25-7-3-5-9-27(25)33-29)15-13-21(19)11-12-22-14-16-24(18-20(22)2)30-32-26-8-4-6-10-28(26)34-30/h3-18H,1-2H3/b12-11+. The maximum absolute atomic E-state index is 5.92. The number of para-hydroxylation sites is 4. The summed E-state index contributed by atoms with van der Waals surface area (Å²) in [6.07, 6.45) is 4.29. The molecule has 0 bridgehead atoms. The Morgan fingerprint density at radius 3 is 1.41 bits per heavy atom. The summed E-state index contributed by atoms with van der Waals surface area (Å²) < 4.78 is 11.8. The lowest BCUT2D eigenvalue weighted by atomic mass is 10.0. The van der Waals surface area contributed by atoms with E-state index in [9.17, 15) is 0 Å². The maximum Gasteiger partial charge on any atom is 0.227 e. The van der Waals surface area contributed by atoms with Crippen molar-refractivity contribution in [1.82, 2.24) is 9.97 Å². The Morgan fingerprint density at radius 2 is 1.00 bits per heavy atom. The summed E-state index contributed by atoms with van der Waals surface area (Å²) in [5, 5.41) is 0. The molecule has 0 aliphatic carbocycles. The van der Waals surface area contributed by atoms with Gasteiger partial charge in [0, 0.05) is 11.1 Å². The molecule has 34 heavy (non-hydrogen) atoms. The van der Waals surface area contributed by atoms with E-state index in [1.54, 1.807) is 0 Å². The van der Waals surface area contributed by atoms with Crippen molar-refractivity contribution in [1.29, 1.82) is 0 Å². The first-order valence-electron chi connectivity index (χ1n) is 11.3. The van der Waals surface area contributed by atoms with E-state index in [1.165, 1.54) is 0 Å². The predicted octanol–water partition coefficient (Wildman–Crippen LogP) is 8.09. The molecule has 4 nitrogen and oxygen atoms in total. The van der Waals surface area contributed by atoms with Crippen LogP contribution in [-0.4, -0.2) is 9.97 Å². The van der Waals surface area contributed by atoms with Gasteiger partial charge in [-0.2, -0.15) is 0 Å². The largest absolute Gasteiger partial charge is 0.436 e. The average molecular weight is 443 g/mol. The van der Waals surface area contributed by atoms with Gasteiger partial charge in [-0.1, -0.05) is 48.6 Å². The lowest BCUT2D eigenvalue weighted by molar-refractivity contribution is 0.619. The quantitative estimate of drug-likeness (QED) is 0.259. The van der Waals surface area contributed by atoms with Crippen molar-refractivity contribution < 1.29 is 8.83 Å². The van der Waals surface area contributed by atoms with Gasteiger partial charge in [0.2, 0.25) is 11.8 Å². The zero-order valence-corrected chi connectivity index (χ0v) is 18.9. The average Bonchev–Trinajstić information content (AvgIpc) is 3.48. The van der Waals surface area contributed by atoms with Gasteiger partial charge in [0.15, 0.2) is 11.2 Å². The van der Waals surface area contributed by atoms with E-state index in [0.29, 0.717) is 11.8 Å². The van der Waals surface area contributed by atoms with Gasteiger partial charge in [0.1, 0.15) is 11.0 Å². The van der Waals surface area contributed by atoms with Crippen LogP contribution in [0.4, 0.5) is 0 Å². The highest BCUT2D eigenvalue weighted by Gasteiger charge is 2.10. The summed E-state index contributed by atoms with van der Waals surface area (Å²) in [6.45, 7) is 4.21. The molecule has 0 radical (unpaired) electrons. The van der Waals surface area contributed by atoms with Crippen LogP contribution in [0.1, 0.15) is 22.3 Å². The van der Waals surface area contributed by atoms with Crippen LogP contribution in [0.25, 0.3) is 57.3 Å². The molecule has 0 spiro atoms. The fourth-order valence-electron chi connectivity index (χ4n) is 4.16. The number of oxazole rings is 2. The first-order valence-corrected chi connectivity index (χ1v) is 11.3. The van der Waals surface area contributed by atoms with Gasteiger partial charge >= 0.3 is 0 Å². The number of aryl methyl sites for hydroxylation is 2. The zero-order chi connectivity index (χ0) is 23.1. The van der Waals surface area contributed by atoms with Gasteiger partial charge < -0.3 is 8.83 Å². The Bertz CT molecular complexity index is 1500. The summed E-state index contributed by atoms with van der Waals surface area (Å²) in [7, 11) is 0. The molecule has 4 heteroatoms. The van der Waals surface area contributed by atoms with Crippen LogP contribution in [0.2, 0.25) is 0 Å². The van der Waals surface area contributed by atoms with E-state index in [4.69, 9.17) is 8.83 Å². The number of rotatable bonds is 4. The first kappa shape index (κ1) is 20.2. The Hall–Kier alpha value is -4.44. The molecule has 0 N–H and O–H groups in total. The molecule has 0 saturated carbocycles. The van der Waals surface area contributed by atoms with E-state index in [-0.39, 0.29) is 0 Å². The second kappa shape index (κ2) is 8.16. The van der Waals surface area contributed by atoms with Crippen molar-refractivity contribution in [3.05, 3.63) is 107 Å². The number of nitrogens with zero attached hydrogens (tertiary/aromatic N) is 2. The normalized spacial score (nSPS) is 11.7. The molecule has 4 aromatic carbocycles. The number of hydrogen-bond donors (Lipinski definition) is 0. The van der Waals surface area contributed by atoms with Gasteiger partial charge in [-0.3, -0.25) is 0 Å². The molecular formula is C30H22N2O2. The van der Waals surface area contributed by atoms with Crippen LogP contribution in [0.3, 0.4) is 0 Å². The van der Waals surface area contributed by atoms with Crippen LogP contribution in [0.15, 0.2) is 93.8 Å². The minimum Gasteiger partial charge on any atom is -0.436 e. The monoisotopic (exact) mass is 442 g/mol. The van der Waals surface area contributed by atoms with Crippen LogP contribution in [0.5, 0.6) is 0 Å². The van der Waals surface area contributed by atoms with Gasteiger partial charge in [-0.15, -0.1) is 0 Å². The topological polar surface area (TPSA) is 52.1 Å². The second-order valence-electron chi connectivity index (χ2n) is 8.45. The van der Waals surface area contributed by atoms with Crippen molar-refractivity contribution in [2.45, 2.75) is 13.8 Å². The van der Waals surface area contributed by atoms with Crippen molar-refractivity contribution in [2.24, 2.45) is 0 Å². The summed E-state index contributed by atoms with van der Waals surface area (Å²) in [5.74, 6) is 1.29. The van der Waals surface area contributed by atoms with Crippen LogP contribution in [-0.2, 0) is 0 Å². The Kier molecular flexibility index (Phi) is 4.84. The molecule has 0 aliphatic rings. The highest BCUT2D eigenvalue weighted by atomic mass is 16.4. The molecule has 0 unspecified atom stereocenters. The van der Waals surface area contributed by atoms with Crippen molar-refractivity contribution >= 4 is 34.4 Å². The van der Waals surface area contributed by atoms with E-state index in [2.05, 4.69) is 72.4 Å². The third kappa shape index (κ3) is 3.69. The molecule has 164 valence electrons. The van der Waals surface area contributed by atoms with Crippen LogP contribution < -0.4 is 0 Å². The van der Waals surface area contributed by atoms with Gasteiger partial charge in [0.25, 0.3) is 0 Å². The summed E-state index contributed by atoms with van der Waals surface area (Å²) >= 11 is 0. The Balaban J connectivity index is 1.25. The fourth-order valence-corrected chi connectivity index (χ4v) is 4.16. The SMILES string of the molecule is Cc1cc(-c2nc3ccccc3o2)ccc1/C=C/c1ccc(-c2nc3ccccc3o2)cc1C. The number of benzene rings is 4. The molecule has 6 rings (SSSR count). The molecule has 0 saturated heterocycles. The predicted molar refractivity (Wildman–Crippen MR) is 137 cm³/mol. The molecule has 0 aliphatic heterocycles. The molecule has 0 fully saturated rings. The molecule has 0 atom stereocenters. The van der Waals surface area contributed by atoms with Gasteiger partial charge in [-0.25, -0.2) is 9.97 Å². The highest BCUT2D eigenvalue weighted by molar-refractivity contribution is 5.79. The highest BCUT2D eigenvalue weighted by Crippen LogP contribution is 2.28. The minimum absolute atomic E-state index is 0.644. The number of hydrogen-bond acceptors (Lipinski definition) is 4. The molecule has 2 aromatic heterocycles. The maximum atomic E-state index is 5.92. The third-order valence-corrected chi connectivity index (χ3v) is 6.06. The summed E-state index contributed by atoms with van der Waals surface area (Å²) in [5.41, 5.74) is 9.94. The summed E-state index contributed by atoms with van der Waals surface area (Å²) in [4.78, 5) is 9.22. The second-order valence-corrected chi connectivity index (χ2v) is 8.45. The van der Waals surface area contributed by atoms with Gasteiger partial charge in [0.05, 0.1) is 0 Å². The van der Waals surface area contributed by atoms with Crippen molar-refractivity contribution in [2.75, 3.05) is 0 Å². The van der Waals surface area contributed by atoms with E-state index >= 15 is 0 Å². The Labute approximate surface area is 197 Å². The smallest absolute Gasteiger partial charge is 0.227 e. The summed E-state index contributed by atoms with van der Waals surface area (Å²) in [6, 6.07) is 28.2. The van der Waals surface area contributed by atoms with Crippen molar-refractivity contribution in [3.8, 4) is 22.9 Å². The lowest BCUT2D eigenvalue weighted by Gasteiger charge is -2.05. The molecule has 2 heterocycles. The third-order valence-electron chi connectivity index (χ3n) is 6.06.